The largest absolute Gasteiger partial charge is 0.270 e. The third-order valence-electron chi connectivity index (χ3n) is 2.97. The van der Waals surface area contributed by atoms with Gasteiger partial charge in [0.15, 0.2) is 0 Å². The Morgan fingerprint density at radius 3 is 2.74 bits per heavy atom. The zero-order chi connectivity index (χ0) is 16.8. The first-order valence-electron chi connectivity index (χ1n) is 7.16. The first-order chi connectivity index (χ1) is 11.0. The molecule has 0 bridgehead atoms. The number of hydrogen-bond donors (Lipinski definition) is 0. The molecule has 1 aromatic heterocycles. The minimum absolute atomic E-state index is 0.0116. The number of hydrogen-bond acceptors (Lipinski definition) is 4. The van der Waals surface area contributed by atoms with Crippen molar-refractivity contribution in [3.8, 4) is 0 Å². The smallest absolute Gasteiger partial charge is 0.269 e. The van der Waals surface area contributed by atoms with Gasteiger partial charge in [0.1, 0.15) is 5.49 Å². The Balaban J connectivity index is 2.30. The van der Waals surface area contributed by atoms with Gasteiger partial charge in [0.2, 0.25) is 0 Å². The minimum Gasteiger partial charge on any atom is -0.269 e. The Hall–Kier alpha value is -3.02. The maximum atomic E-state index is 12.3. The van der Waals surface area contributed by atoms with E-state index < -0.39 is 4.92 Å². The Labute approximate surface area is 133 Å². The maximum Gasteiger partial charge on any atom is 0.270 e. The van der Waals surface area contributed by atoms with E-state index >= 15 is 0 Å². The van der Waals surface area contributed by atoms with Gasteiger partial charge in [0, 0.05) is 30.4 Å². The molecule has 0 saturated carbocycles. The second-order valence-electron chi connectivity index (χ2n) is 5.18. The van der Waals surface area contributed by atoms with Crippen molar-refractivity contribution >= 4 is 17.7 Å². The molecule has 2 rings (SSSR count). The number of carbonyl (C=O) groups excluding carboxylic acids is 1. The lowest BCUT2D eigenvalue weighted by Gasteiger charge is -2.04. The number of nitro groups is 1. The topological polar surface area (TPSA) is 77.5 Å². The van der Waals surface area contributed by atoms with Crippen LogP contribution in [0.2, 0.25) is 0 Å². The van der Waals surface area contributed by atoms with Gasteiger partial charge in [-0.15, -0.1) is 0 Å². The summed E-state index contributed by atoms with van der Waals surface area (Å²) in [5.41, 5.74) is 1.14. The first kappa shape index (κ1) is 16.4. The molecular weight excluding hydrogens is 294 g/mol. The zero-order valence-electron chi connectivity index (χ0n) is 12.9. The quantitative estimate of drug-likeness (QED) is 0.494. The van der Waals surface area contributed by atoms with Crippen molar-refractivity contribution in [3.63, 3.8) is 0 Å². The molecule has 6 nitrogen and oxygen atoms in total. The molecule has 1 heterocycles. The second kappa shape index (κ2) is 7.31. The minimum atomic E-state index is -0.468. The van der Waals surface area contributed by atoms with Gasteiger partial charge in [-0.3, -0.25) is 24.5 Å². The van der Waals surface area contributed by atoms with Crippen LogP contribution in [-0.4, -0.2) is 21.4 Å². The Kier molecular flexibility index (Phi) is 5.19. The lowest BCUT2D eigenvalue weighted by atomic mass is 10.2. The fourth-order valence-electron chi connectivity index (χ4n) is 1.98. The maximum absolute atomic E-state index is 12.3. The van der Waals surface area contributed by atoms with Crippen LogP contribution in [0.4, 0.5) is 5.69 Å². The van der Waals surface area contributed by atoms with E-state index in [9.17, 15) is 14.9 Å². The molecule has 118 valence electrons. The number of carbonyl (C=O) groups is 1. The van der Waals surface area contributed by atoms with Gasteiger partial charge in [-0.1, -0.05) is 18.2 Å². The Morgan fingerprint density at radius 2 is 2.04 bits per heavy atom. The van der Waals surface area contributed by atoms with Crippen LogP contribution in [0.3, 0.4) is 0 Å². The molecule has 0 N–H and O–H groups in total. The number of rotatable bonds is 4. The van der Waals surface area contributed by atoms with E-state index in [0.29, 0.717) is 11.1 Å². The van der Waals surface area contributed by atoms with Crippen LogP contribution in [0.1, 0.15) is 24.2 Å². The molecule has 0 spiro atoms. The van der Waals surface area contributed by atoms with Crippen molar-refractivity contribution in [2.75, 3.05) is 0 Å². The Morgan fingerprint density at radius 1 is 1.26 bits per heavy atom. The highest BCUT2D eigenvalue weighted by molar-refractivity contribution is 5.93. The van der Waals surface area contributed by atoms with Crippen molar-refractivity contribution in [1.29, 1.82) is 0 Å². The summed E-state index contributed by atoms with van der Waals surface area (Å²) in [5, 5.41) is 10.8. The van der Waals surface area contributed by atoms with E-state index in [1.54, 1.807) is 36.5 Å². The number of aromatic nitrogens is 1. The first-order valence-corrected chi connectivity index (χ1v) is 7.16. The predicted octanol–water partition coefficient (Wildman–Crippen LogP) is 3.06. The summed E-state index contributed by atoms with van der Waals surface area (Å²) in [6, 6.07) is 11.5. The predicted molar refractivity (Wildman–Crippen MR) is 87.9 cm³/mol. The molecule has 23 heavy (non-hydrogen) atoms. The molecule has 0 aliphatic heterocycles. The summed E-state index contributed by atoms with van der Waals surface area (Å²) >= 11 is 0. The van der Waals surface area contributed by atoms with Crippen LogP contribution < -0.4 is 5.49 Å². The summed E-state index contributed by atoms with van der Waals surface area (Å²) in [4.78, 5) is 27.0. The highest BCUT2D eigenvalue weighted by Crippen LogP contribution is 2.14. The fourth-order valence-corrected chi connectivity index (χ4v) is 1.98. The molecule has 2 aromatic rings. The van der Waals surface area contributed by atoms with Crippen molar-refractivity contribution in [1.82, 2.24) is 4.57 Å². The Bertz CT molecular complexity index is 820. The highest BCUT2D eigenvalue weighted by Gasteiger charge is 2.05. The average Bonchev–Trinajstić information content (AvgIpc) is 2.53. The van der Waals surface area contributed by atoms with Gasteiger partial charge in [-0.25, -0.2) is 0 Å². The van der Waals surface area contributed by atoms with Gasteiger partial charge < -0.3 is 0 Å². The fraction of sp³-hybridized carbons (Fsp3) is 0.176. The van der Waals surface area contributed by atoms with E-state index in [2.05, 4.69) is 4.99 Å². The van der Waals surface area contributed by atoms with Crippen LogP contribution in [0.5, 0.6) is 0 Å². The molecule has 0 atom stereocenters. The molecule has 6 heteroatoms. The molecule has 1 aromatic carbocycles. The monoisotopic (exact) mass is 311 g/mol. The molecule has 0 aliphatic carbocycles. The number of nitrogens with zero attached hydrogens (tertiary/aromatic N) is 3. The van der Waals surface area contributed by atoms with Crippen molar-refractivity contribution in [2.24, 2.45) is 4.99 Å². The van der Waals surface area contributed by atoms with Crippen LogP contribution in [-0.2, 0) is 0 Å². The number of pyridine rings is 1. The lowest BCUT2D eigenvalue weighted by Crippen LogP contribution is -2.26. The van der Waals surface area contributed by atoms with Gasteiger partial charge in [0.05, 0.1) is 4.92 Å². The molecule has 0 amide bonds. The molecule has 0 fully saturated rings. The van der Waals surface area contributed by atoms with E-state index in [1.807, 2.05) is 19.9 Å². The van der Waals surface area contributed by atoms with Crippen LogP contribution in [0, 0.1) is 10.1 Å². The molecule has 0 unspecified atom stereocenters. The standard InChI is InChI=1S/C17H17N3O3/c1-13(2)18-16-8-3-4-11-19(16)17(21)10-9-14-6-5-7-15(12-14)20(22)23/h3-13H,1-2H3. The number of nitro benzene ring substituents is 1. The average molecular weight is 311 g/mol. The molecular formula is C17H17N3O3. The third kappa shape index (κ3) is 4.47. The summed E-state index contributed by atoms with van der Waals surface area (Å²) in [6.45, 7) is 3.86. The third-order valence-corrected chi connectivity index (χ3v) is 2.97. The lowest BCUT2D eigenvalue weighted by molar-refractivity contribution is -0.384. The van der Waals surface area contributed by atoms with Crippen LogP contribution in [0.25, 0.3) is 6.08 Å². The molecule has 0 radical (unpaired) electrons. The van der Waals surface area contributed by atoms with Crippen LogP contribution in [0.15, 0.2) is 59.7 Å². The summed E-state index contributed by atoms with van der Waals surface area (Å²) in [7, 11) is 0. The van der Waals surface area contributed by atoms with Crippen molar-refractivity contribution in [3.05, 3.63) is 75.9 Å². The SMILES string of the molecule is CC(C)N=c1ccccn1C(=O)C=Cc1cccc([N+](=O)[O-])c1. The van der Waals surface area contributed by atoms with Crippen molar-refractivity contribution < 1.29 is 9.72 Å². The second-order valence-corrected chi connectivity index (χ2v) is 5.18. The normalized spacial score (nSPS) is 12.0. The summed E-state index contributed by atoms with van der Waals surface area (Å²) in [6.07, 6.45) is 4.56. The van der Waals surface area contributed by atoms with Gasteiger partial charge in [-0.2, -0.15) is 0 Å². The van der Waals surface area contributed by atoms with E-state index in [-0.39, 0.29) is 17.6 Å². The molecule has 0 saturated heterocycles. The zero-order valence-corrected chi connectivity index (χ0v) is 12.9. The van der Waals surface area contributed by atoms with Gasteiger partial charge in [-0.05, 0) is 37.6 Å². The van der Waals surface area contributed by atoms with Gasteiger partial charge in [0.25, 0.3) is 11.6 Å². The number of non-ortho nitro benzene ring substituents is 1. The van der Waals surface area contributed by atoms with E-state index in [0.717, 1.165) is 0 Å². The van der Waals surface area contributed by atoms with Gasteiger partial charge >= 0.3 is 0 Å². The van der Waals surface area contributed by atoms with E-state index in [4.69, 9.17) is 0 Å². The summed E-state index contributed by atoms with van der Waals surface area (Å²) in [5.74, 6) is -0.267. The number of allylic oxidation sites excluding steroid dienone is 1. The van der Waals surface area contributed by atoms with Crippen LogP contribution >= 0.6 is 0 Å². The van der Waals surface area contributed by atoms with Crippen molar-refractivity contribution in [2.45, 2.75) is 19.9 Å². The van der Waals surface area contributed by atoms with E-state index in [1.165, 1.54) is 22.8 Å². The summed E-state index contributed by atoms with van der Waals surface area (Å²) < 4.78 is 1.44. The molecule has 0 aliphatic rings. The highest BCUT2D eigenvalue weighted by atomic mass is 16.6. The number of benzene rings is 1.